The molecule has 2 aliphatic rings. The van der Waals surface area contributed by atoms with Crippen LogP contribution in [-0.4, -0.2) is 30.4 Å². The van der Waals surface area contributed by atoms with Crippen LogP contribution in [0.4, 0.5) is 13.2 Å². The molecule has 0 aromatic heterocycles. The van der Waals surface area contributed by atoms with Gasteiger partial charge < -0.3 is 10.2 Å². The molecule has 1 N–H and O–H groups in total. The Kier molecular flexibility index (Phi) is 4.94. The minimum Gasteiger partial charge on any atom is -0.329 e. The molecule has 2 aliphatic heterocycles. The van der Waals surface area contributed by atoms with E-state index in [2.05, 4.69) is 5.32 Å². The summed E-state index contributed by atoms with van der Waals surface area (Å²) in [5.41, 5.74) is 0.197. The molecule has 0 spiro atoms. The van der Waals surface area contributed by atoms with Gasteiger partial charge in [0.15, 0.2) is 0 Å². The lowest BCUT2D eigenvalue weighted by Gasteiger charge is -2.30. The number of benzene rings is 2. The Morgan fingerprint density at radius 1 is 1.19 bits per heavy atom. The maximum absolute atomic E-state index is 13.7. The second kappa shape index (κ2) is 6.76. The van der Waals surface area contributed by atoms with Gasteiger partial charge in [-0.05, 0) is 29.3 Å². The molecule has 0 unspecified atom stereocenters. The van der Waals surface area contributed by atoms with Crippen molar-refractivity contribution in [1.29, 1.82) is 0 Å². The molecule has 2 heterocycles. The van der Waals surface area contributed by atoms with Crippen molar-refractivity contribution >= 4 is 29.9 Å². The first-order valence-corrected chi connectivity index (χ1v) is 8.27. The zero-order valence-electron chi connectivity index (χ0n) is 13.4. The molecule has 0 aliphatic carbocycles. The fourth-order valence-corrected chi connectivity index (χ4v) is 3.85. The van der Waals surface area contributed by atoms with Crippen molar-refractivity contribution in [3.8, 4) is 11.1 Å². The van der Waals surface area contributed by atoms with E-state index in [1.54, 1.807) is 30.3 Å². The van der Waals surface area contributed by atoms with Gasteiger partial charge in [0.1, 0.15) is 0 Å². The van der Waals surface area contributed by atoms with E-state index in [1.807, 2.05) is 0 Å². The summed E-state index contributed by atoms with van der Waals surface area (Å²) in [6, 6.07) is 9.08. The zero-order valence-corrected chi connectivity index (χ0v) is 15.0. The molecule has 2 aromatic carbocycles. The van der Waals surface area contributed by atoms with Crippen molar-refractivity contribution in [2.75, 3.05) is 19.6 Å². The highest BCUT2D eigenvalue weighted by Crippen LogP contribution is 2.45. The number of alkyl halides is 3. The quantitative estimate of drug-likeness (QED) is 0.758. The number of fused-ring (bicyclic) bond motifs is 3. The van der Waals surface area contributed by atoms with Crippen molar-refractivity contribution in [2.45, 2.75) is 12.2 Å². The Morgan fingerprint density at radius 2 is 1.92 bits per heavy atom. The Morgan fingerprint density at radius 3 is 2.62 bits per heavy atom. The van der Waals surface area contributed by atoms with E-state index < -0.39 is 17.6 Å². The monoisotopic (exact) mass is 402 g/mol. The first-order valence-electron chi connectivity index (χ1n) is 7.89. The Hall–Kier alpha value is -1.76. The molecule has 1 fully saturated rings. The third kappa shape index (κ3) is 2.96. The number of carbonyl (C=O) groups excluding carboxylic acids is 1. The van der Waals surface area contributed by atoms with Gasteiger partial charge in [-0.15, -0.1) is 12.4 Å². The molecule has 1 amide bonds. The molecule has 3 nitrogen and oxygen atoms in total. The summed E-state index contributed by atoms with van der Waals surface area (Å²) in [6.45, 7) is 1.42. The third-order valence-electron chi connectivity index (χ3n) is 4.74. The number of hydrogen-bond donors (Lipinski definition) is 1. The largest absolute Gasteiger partial charge is 0.417 e. The van der Waals surface area contributed by atoms with Crippen LogP contribution in [0, 0.1) is 0 Å². The van der Waals surface area contributed by atoms with Crippen LogP contribution in [0.5, 0.6) is 0 Å². The van der Waals surface area contributed by atoms with E-state index in [0.29, 0.717) is 41.3 Å². The molecule has 138 valence electrons. The minimum absolute atomic E-state index is 0. The fraction of sp³-hybridized carbons (Fsp3) is 0.278. The van der Waals surface area contributed by atoms with Crippen LogP contribution >= 0.6 is 24.0 Å². The number of carbonyl (C=O) groups is 1. The van der Waals surface area contributed by atoms with E-state index in [-0.39, 0.29) is 24.0 Å². The summed E-state index contributed by atoms with van der Waals surface area (Å²) in [5, 5.41) is 3.52. The van der Waals surface area contributed by atoms with E-state index >= 15 is 0 Å². The summed E-state index contributed by atoms with van der Waals surface area (Å²) < 4.78 is 41.0. The number of nitrogens with one attached hydrogen (secondary N) is 1. The standard InChI is InChI=1S/C18H14ClF3N2O.ClH/c19-14-4-2-1-3-11(14)10-7-12-15-9-23-5-6-24(15)17(25)16(12)13(8-10)18(20,21)22;/h1-4,7-8,15,23H,5-6,9H2;1H/t15-;/m0./s1. The molecule has 4 rings (SSSR count). The summed E-state index contributed by atoms with van der Waals surface area (Å²) in [5.74, 6) is -0.542. The molecule has 0 bridgehead atoms. The van der Waals surface area contributed by atoms with E-state index in [9.17, 15) is 18.0 Å². The smallest absolute Gasteiger partial charge is 0.329 e. The average Bonchev–Trinajstić information content (AvgIpc) is 2.87. The first-order chi connectivity index (χ1) is 11.9. The summed E-state index contributed by atoms with van der Waals surface area (Å²) in [4.78, 5) is 14.1. The van der Waals surface area contributed by atoms with E-state index in [1.165, 1.54) is 4.90 Å². The predicted octanol–water partition coefficient (Wildman–Crippen LogP) is 4.55. The fourth-order valence-electron chi connectivity index (χ4n) is 3.61. The van der Waals surface area contributed by atoms with Crippen LogP contribution in [0.3, 0.4) is 0 Å². The normalized spacial score (nSPS) is 19.0. The van der Waals surface area contributed by atoms with Crippen LogP contribution in [-0.2, 0) is 6.18 Å². The van der Waals surface area contributed by atoms with Gasteiger partial charge in [0, 0.05) is 30.2 Å². The number of rotatable bonds is 1. The maximum atomic E-state index is 13.7. The Labute approximate surface area is 159 Å². The molecule has 1 atom stereocenters. The van der Waals surface area contributed by atoms with E-state index in [4.69, 9.17) is 11.6 Å². The summed E-state index contributed by atoms with van der Waals surface area (Å²) >= 11 is 6.17. The highest BCUT2D eigenvalue weighted by molar-refractivity contribution is 6.33. The third-order valence-corrected chi connectivity index (χ3v) is 5.07. The second-order valence-electron chi connectivity index (χ2n) is 6.18. The van der Waals surface area contributed by atoms with Gasteiger partial charge in [0.05, 0.1) is 17.2 Å². The lowest BCUT2D eigenvalue weighted by Crippen LogP contribution is -2.44. The average molecular weight is 403 g/mol. The van der Waals surface area contributed by atoms with Gasteiger partial charge >= 0.3 is 6.18 Å². The lowest BCUT2D eigenvalue weighted by atomic mass is 9.92. The molecule has 8 heteroatoms. The number of nitrogens with zero attached hydrogens (tertiary/aromatic N) is 1. The molecule has 26 heavy (non-hydrogen) atoms. The van der Waals surface area contributed by atoms with Gasteiger partial charge in [-0.25, -0.2) is 0 Å². The van der Waals surface area contributed by atoms with Crippen LogP contribution in [0.2, 0.25) is 5.02 Å². The van der Waals surface area contributed by atoms with Crippen LogP contribution in [0.15, 0.2) is 36.4 Å². The molecule has 0 radical (unpaired) electrons. The molecular formula is C18H15Cl2F3N2O. The Balaban J connectivity index is 0.00000196. The van der Waals surface area contributed by atoms with Crippen molar-refractivity contribution in [3.63, 3.8) is 0 Å². The van der Waals surface area contributed by atoms with Crippen molar-refractivity contribution in [3.05, 3.63) is 58.1 Å². The number of amides is 1. The minimum atomic E-state index is -4.61. The lowest BCUT2D eigenvalue weighted by molar-refractivity contribution is -0.137. The zero-order chi connectivity index (χ0) is 17.8. The van der Waals surface area contributed by atoms with E-state index in [0.717, 1.165) is 6.07 Å². The number of hydrogen-bond acceptors (Lipinski definition) is 2. The number of halogens is 5. The summed E-state index contributed by atoms with van der Waals surface area (Å²) in [7, 11) is 0. The molecule has 1 saturated heterocycles. The molecule has 2 aromatic rings. The maximum Gasteiger partial charge on any atom is 0.417 e. The molecular weight excluding hydrogens is 388 g/mol. The number of piperazine rings is 1. The van der Waals surface area contributed by atoms with Crippen molar-refractivity contribution < 1.29 is 18.0 Å². The first kappa shape index (κ1) is 19.0. The van der Waals surface area contributed by atoms with Crippen molar-refractivity contribution in [2.24, 2.45) is 0 Å². The van der Waals surface area contributed by atoms with Gasteiger partial charge in [-0.3, -0.25) is 4.79 Å². The second-order valence-corrected chi connectivity index (χ2v) is 6.59. The highest BCUT2D eigenvalue weighted by Gasteiger charge is 2.45. The van der Waals surface area contributed by atoms with Gasteiger partial charge in [-0.1, -0.05) is 29.8 Å². The SMILES string of the molecule is Cl.O=C1c2c(cc(-c3ccccc3Cl)cc2C(F)(F)F)[C@@H]2CNCCN12. The van der Waals surface area contributed by atoms with Crippen LogP contribution in [0.25, 0.3) is 11.1 Å². The Bertz CT molecular complexity index is 870. The molecule has 0 saturated carbocycles. The van der Waals surface area contributed by atoms with Crippen LogP contribution in [0.1, 0.15) is 27.5 Å². The van der Waals surface area contributed by atoms with Gasteiger partial charge in [0.2, 0.25) is 0 Å². The highest BCUT2D eigenvalue weighted by atomic mass is 35.5. The topological polar surface area (TPSA) is 32.3 Å². The van der Waals surface area contributed by atoms with Gasteiger partial charge in [0.25, 0.3) is 5.91 Å². The van der Waals surface area contributed by atoms with Crippen molar-refractivity contribution in [1.82, 2.24) is 10.2 Å². The van der Waals surface area contributed by atoms with Gasteiger partial charge in [-0.2, -0.15) is 13.2 Å². The van der Waals surface area contributed by atoms with Crippen LogP contribution < -0.4 is 5.32 Å². The summed E-state index contributed by atoms with van der Waals surface area (Å²) in [6.07, 6.45) is -4.61. The predicted molar refractivity (Wildman–Crippen MR) is 95.8 cm³/mol.